The molecule has 7 nitrogen and oxygen atoms in total. The van der Waals surface area contributed by atoms with Crippen LogP contribution in [-0.4, -0.2) is 40.1 Å². The zero-order valence-corrected chi connectivity index (χ0v) is 23.8. The summed E-state index contributed by atoms with van der Waals surface area (Å²) in [5, 5.41) is 8.73. The number of hydrogen-bond acceptors (Lipinski definition) is 4. The maximum atomic E-state index is 13.7. The number of amides is 2. The van der Waals surface area contributed by atoms with Gasteiger partial charge in [-0.05, 0) is 60.0 Å². The number of methoxy groups -OCH3 is 1. The molecular weight excluding hydrogens is 547 g/mol. The molecule has 0 spiro atoms. The molecule has 0 bridgehead atoms. The predicted octanol–water partition coefficient (Wildman–Crippen LogP) is 6.58. The van der Waals surface area contributed by atoms with Gasteiger partial charge in [0.05, 0.1) is 36.1 Å². The fourth-order valence-corrected chi connectivity index (χ4v) is 5.28. The lowest BCUT2D eigenvalue weighted by Gasteiger charge is -2.29. The number of halogens is 2. The van der Waals surface area contributed by atoms with Crippen LogP contribution in [0.25, 0.3) is 17.3 Å². The first kappa shape index (κ1) is 27.5. The average molecular weight is 575 g/mol. The Bertz CT molecular complexity index is 1600. The van der Waals surface area contributed by atoms with Gasteiger partial charge >= 0.3 is 0 Å². The lowest BCUT2D eigenvalue weighted by molar-refractivity contribution is -0.128. The van der Waals surface area contributed by atoms with E-state index in [9.17, 15) is 9.59 Å². The molecule has 204 valence electrons. The van der Waals surface area contributed by atoms with E-state index < -0.39 is 0 Å². The third-order valence-corrected chi connectivity index (χ3v) is 7.44. The first-order chi connectivity index (χ1) is 19.2. The standard InChI is InChI=1S/C31H28Cl2N4O3/c1-19(22-7-5-4-6-8-22)34-31(39)29-26-18-36(20(2)38)17-23(15-21-9-12-25(40-3)13-10-21)30(26)37(35-29)28-14-11-24(32)16-27(28)33/h4-16,19H,17-18H2,1-3H3,(H,34,39)/t19-/m1/s1. The van der Waals surface area contributed by atoms with Gasteiger partial charge in [0, 0.05) is 24.1 Å². The maximum absolute atomic E-state index is 13.7. The summed E-state index contributed by atoms with van der Waals surface area (Å²) in [5.41, 5.74) is 4.86. The Morgan fingerprint density at radius 2 is 1.75 bits per heavy atom. The number of nitrogens with zero attached hydrogens (tertiary/aromatic N) is 3. The number of carbonyl (C=O) groups is 2. The average Bonchev–Trinajstić information content (AvgIpc) is 3.33. The van der Waals surface area contributed by atoms with Crippen LogP contribution in [-0.2, 0) is 11.3 Å². The zero-order valence-electron chi connectivity index (χ0n) is 22.3. The summed E-state index contributed by atoms with van der Waals surface area (Å²) in [4.78, 5) is 28.0. The van der Waals surface area contributed by atoms with E-state index in [1.165, 1.54) is 6.92 Å². The molecule has 0 radical (unpaired) electrons. The van der Waals surface area contributed by atoms with Gasteiger partial charge in [0.2, 0.25) is 5.91 Å². The third kappa shape index (κ3) is 5.62. The summed E-state index contributed by atoms with van der Waals surface area (Å²) in [6.45, 7) is 4.02. The molecule has 3 aromatic carbocycles. The number of ether oxygens (including phenoxy) is 1. The minimum Gasteiger partial charge on any atom is -0.497 e. The molecular formula is C31H28Cl2N4O3. The first-order valence-electron chi connectivity index (χ1n) is 12.8. The van der Waals surface area contributed by atoms with Crippen LogP contribution in [0.15, 0.2) is 72.8 Å². The fraction of sp³-hybridized carbons (Fsp3) is 0.194. The van der Waals surface area contributed by atoms with Crippen LogP contribution >= 0.6 is 23.2 Å². The highest BCUT2D eigenvalue weighted by Gasteiger charge is 2.33. The zero-order chi connectivity index (χ0) is 28.4. The van der Waals surface area contributed by atoms with Gasteiger partial charge in [-0.25, -0.2) is 4.68 Å². The van der Waals surface area contributed by atoms with Crippen molar-refractivity contribution in [3.8, 4) is 11.4 Å². The molecule has 1 atom stereocenters. The molecule has 1 aliphatic heterocycles. The number of rotatable bonds is 6. The van der Waals surface area contributed by atoms with Gasteiger partial charge in [0.1, 0.15) is 5.75 Å². The summed E-state index contributed by atoms with van der Waals surface area (Å²) >= 11 is 12.8. The number of carbonyl (C=O) groups excluding carboxylic acids is 2. The second kappa shape index (κ2) is 11.6. The van der Waals surface area contributed by atoms with E-state index >= 15 is 0 Å². The summed E-state index contributed by atoms with van der Waals surface area (Å²) in [7, 11) is 1.62. The predicted molar refractivity (Wildman–Crippen MR) is 158 cm³/mol. The van der Waals surface area contributed by atoms with Crippen LogP contribution < -0.4 is 10.1 Å². The van der Waals surface area contributed by atoms with Crippen LogP contribution in [0.2, 0.25) is 10.0 Å². The molecule has 1 aromatic heterocycles. The molecule has 1 N–H and O–H groups in total. The van der Waals surface area contributed by atoms with Gasteiger partial charge in [-0.3, -0.25) is 9.59 Å². The highest BCUT2D eigenvalue weighted by molar-refractivity contribution is 6.35. The summed E-state index contributed by atoms with van der Waals surface area (Å²) < 4.78 is 6.98. The topological polar surface area (TPSA) is 76.5 Å². The SMILES string of the molecule is COc1ccc(C=C2CN(C(C)=O)Cc3c(C(=O)N[C@H](C)c4ccccc4)nn(-c4ccc(Cl)cc4Cl)c32)cc1. The molecule has 9 heteroatoms. The normalized spacial score (nSPS) is 14.5. The van der Waals surface area contributed by atoms with Gasteiger partial charge in [-0.1, -0.05) is 65.7 Å². The second-order valence-electron chi connectivity index (χ2n) is 9.61. The molecule has 0 saturated carbocycles. The van der Waals surface area contributed by atoms with E-state index in [1.807, 2.05) is 67.6 Å². The molecule has 0 unspecified atom stereocenters. The molecule has 5 rings (SSSR count). The van der Waals surface area contributed by atoms with E-state index in [0.717, 1.165) is 28.1 Å². The molecule has 2 amide bonds. The van der Waals surface area contributed by atoms with Crippen molar-refractivity contribution in [3.63, 3.8) is 0 Å². The van der Waals surface area contributed by atoms with Crippen LogP contribution in [0.1, 0.15) is 52.8 Å². The Morgan fingerprint density at radius 3 is 2.40 bits per heavy atom. The van der Waals surface area contributed by atoms with Crippen LogP contribution in [0.5, 0.6) is 5.75 Å². The van der Waals surface area contributed by atoms with Crippen molar-refractivity contribution in [1.82, 2.24) is 20.0 Å². The van der Waals surface area contributed by atoms with Crippen molar-refractivity contribution in [1.29, 1.82) is 0 Å². The van der Waals surface area contributed by atoms with Crippen molar-refractivity contribution in [2.45, 2.75) is 26.4 Å². The Labute approximate surface area is 243 Å². The monoisotopic (exact) mass is 574 g/mol. The van der Waals surface area contributed by atoms with Gasteiger partial charge in [-0.15, -0.1) is 0 Å². The number of nitrogens with one attached hydrogen (secondary N) is 1. The van der Waals surface area contributed by atoms with Gasteiger partial charge in [0.25, 0.3) is 5.91 Å². The number of fused-ring (bicyclic) bond motifs is 1. The quantitative estimate of drug-likeness (QED) is 0.282. The van der Waals surface area contributed by atoms with Crippen LogP contribution in [0.3, 0.4) is 0 Å². The Hall–Kier alpha value is -4.07. The maximum Gasteiger partial charge on any atom is 0.272 e. The van der Waals surface area contributed by atoms with E-state index in [2.05, 4.69) is 5.32 Å². The van der Waals surface area contributed by atoms with Gasteiger partial charge < -0.3 is 15.0 Å². The van der Waals surface area contributed by atoms with Crippen molar-refractivity contribution in [2.24, 2.45) is 0 Å². The Balaban J connectivity index is 1.67. The summed E-state index contributed by atoms with van der Waals surface area (Å²) in [5.74, 6) is 0.291. The minimum absolute atomic E-state index is 0.104. The van der Waals surface area contributed by atoms with Crippen molar-refractivity contribution in [2.75, 3.05) is 13.7 Å². The van der Waals surface area contributed by atoms with E-state index in [-0.39, 0.29) is 30.1 Å². The van der Waals surface area contributed by atoms with E-state index in [1.54, 1.807) is 34.9 Å². The first-order valence-corrected chi connectivity index (χ1v) is 13.5. The number of hydrogen-bond donors (Lipinski definition) is 1. The van der Waals surface area contributed by atoms with Gasteiger partial charge in [0.15, 0.2) is 5.69 Å². The molecule has 0 fully saturated rings. The highest BCUT2D eigenvalue weighted by Crippen LogP contribution is 2.36. The van der Waals surface area contributed by atoms with Gasteiger partial charge in [-0.2, -0.15) is 5.10 Å². The molecule has 0 saturated heterocycles. The number of benzene rings is 3. The summed E-state index contributed by atoms with van der Waals surface area (Å²) in [6.07, 6.45) is 1.99. The number of aromatic nitrogens is 2. The van der Waals surface area contributed by atoms with Crippen molar-refractivity contribution < 1.29 is 14.3 Å². The third-order valence-electron chi connectivity index (χ3n) is 6.90. The Kier molecular flexibility index (Phi) is 7.96. The lowest BCUT2D eigenvalue weighted by Crippen LogP contribution is -2.35. The van der Waals surface area contributed by atoms with Crippen molar-refractivity contribution >= 4 is 46.7 Å². The van der Waals surface area contributed by atoms with Crippen molar-refractivity contribution in [3.05, 3.63) is 111 Å². The second-order valence-corrected chi connectivity index (χ2v) is 10.5. The largest absolute Gasteiger partial charge is 0.497 e. The molecule has 2 heterocycles. The molecule has 0 aliphatic carbocycles. The van der Waals surface area contributed by atoms with E-state index in [4.69, 9.17) is 33.0 Å². The Morgan fingerprint density at radius 1 is 1.02 bits per heavy atom. The lowest BCUT2D eigenvalue weighted by atomic mass is 9.97. The fourth-order valence-electron chi connectivity index (χ4n) is 4.80. The van der Waals surface area contributed by atoms with E-state index in [0.29, 0.717) is 27.8 Å². The highest BCUT2D eigenvalue weighted by atomic mass is 35.5. The molecule has 40 heavy (non-hydrogen) atoms. The van der Waals surface area contributed by atoms with Crippen LogP contribution in [0, 0.1) is 0 Å². The minimum atomic E-state index is -0.342. The molecule has 4 aromatic rings. The summed E-state index contributed by atoms with van der Waals surface area (Å²) in [6, 6.07) is 22.2. The van der Waals surface area contributed by atoms with Crippen LogP contribution in [0.4, 0.5) is 0 Å². The smallest absolute Gasteiger partial charge is 0.272 e. The molecule has 1 aliphatic rings.